The monoisotopic (exact) mass is 788 g/mol. The maximum atomic E-state index is 13.7. The van der Waals surface area contributed by atoms with Gasteiger partial charge in [0.1, 0.15) is 95.7 Å². The first-order valence-electron chi connectivity index (χ1n) is 16.7. The lowest BCUT2D eigenvalue weighted by Crippen LogP contribution is -2.63. The molecule has 22 nitrogen and oxygen atoms in total. The molecule has 0 amide bonds. The van der Waals surface area contributed by atoms with Crippen molar-refractivity contribution < 1.29 is 104 Å². The van der Waals surface area contributed by atoms with Crippen molar-refractivity contribution in [2.45, 2.75) is 92.1 Å². The summed E-state index contributed by atoms with van der Waals surface area (Å²) in [5.41, 5.74) is -1.53. The van der Waals surface area contributed by atoms with E-state index >= 15 is 0 Å². The Labute approximate surface area is 307 Å². The molecule has 0 spiro atoms. The van der Waals surface area contributed by atoms with Gasteiger partial charge in [0.15, 0.2) is 29.8 Å². The molecule has 22 heteroatoms. The lowest BCUT2D eigenvalue weighted by molar-refractivity contribution is -0.339. The summed E-state index contributed by atoms with van der Waals surface area (Å²) in [6, 6.07) is 5.05. The molecule has 1 aromatic heterocycles. The van der Waals surface area contributed by atoms with Gasteiger partial charge in [0.25, 0.3) is 0 Å². The summed E-state index contributed by atoms with van der Waals surface area (Å²) >= 11 is 0. The zero-order valence-electron chi connectivity index (χ0n) is 28.2. The van der Waals surface area contributed by atoms with E-state index in [2.05, 4.69) is 0 Å². The summed E-state index contributed by atoms with van der Waals surface area (Å²) in [5.74, 6) is -3.66. The third kappa shape index (κ3) is 7.89. The van der Waals surface area contributed by atoms with Gasteiger partial charge in [-0.05, 0) is 18.2 Å². The van der Waals surface area contributed by atoms with Crippen molar-refractivity contribution in [2.24, 2.45) is 0 Å². The van der Waals surface area contributed by atoms with Crippen molar-refractivity contribution in [1.82, 2.24) is 0 Å². The molecule has 14 N–H and O–H groups in total. The van der Waals surface area contributed by atoms with Crippen LogP contribution in [0.3, 0.4) is 0 Å². The number of fused-ring (bicyclic) bond motifs is 1. The van der Waals surface area contributed by atoms with E-state index in [1.54, 1.807) is 0 Å². The van der Waals surface area contributed by atoms with Crippen LogP contribution in [0.25, 0.3) is 22.3 Å². The van der Waals surface area contributed by atoms with Crippen molar-refractivity contribution in [3.05, 3.63) is 40.6 Å². The van der Waals surface area contributed by atoms with Crippen molar-refractivity contribution in [3.63, 3.8) is 0 Å². The van der Waals surface area contributed by atoms with Crippen LogP contribution in [0, 0.1) is 0 Å². The Morgan fingerprint density at radius 2 is 1.07 bits per heavy atom. The van der Waals surface area contributed by atoms with E-state index in [4.69, 9.17) is 32.8 Å². The first-order chi connectivity index (χ1) is 26.0. The van der Waals surface area contributed by atoms with Gasteiger partial charge >= 0.3 is 0 Å². The van der Waals surface area contributed by atoms with Crippen molar-refractivity contribution in [2.75, 3.05) is 19.8 Å². The van der Waals surface area contributed by atoms with Gasteiger partial charge in [-0.1, -0.05) is 0 Å². The second kappa shape index (κ2) is 16.3. The van der Waals surface area contributed by atoms with Crippen LogP contribution in [-0.2, 0) is 23.7 Å². The molecular weight excluding hydrogens is 748 g/mol. The third-order valence-electron chi connectivity index (χ3n) is 9.42. The number of phenols is 4. The van der Waals surface area contributed by atoms with Gasteiger partial charge in [-0.25, -0.2) is 0 Å². The Bertz CT molecular complexity index is 1870. The number of benzene rings is 2. The topological polar surface area (TPSA) is 369 Å². The van der Waals surface area contributed by atoms with E-state index in [-0.39, 0.29) is 11.1 Å². The molecule has 3 aromatic rings. The van der Waals surface area contributed by atoms with Crippen LogP contribution in [0.4, 0.5) is 0 Å². The number of hydrogen-bond donors (Lipinski definition) is 14. The first-order valence-corrected chi connectivity index (χ1v) is 16.7. The summed E-state index contributed by atoms with van der Waals surface area (Å²) in [6.45, 7) is -2.22. The summed E-state index contributed by atoms with van der Waals surface area (Å²) in [6.07, 6.45) is -27.0. The van der Waals surface area contributed by atoms with Gasteiger partial charge in [0.05, 0.1) is 19.8 Å². The van der Waals surface area contributed by atoms with Crippen LogP contribution < -0.4 is 10.2 Å². The summed E-state index contributed by atoms with van der Waals surface area (Å²) < 4.78 is 38.8. The van der Waals surface area contributed by atoms with E-state index in [1.165, 1.54) is 6.07 Å². The minimum atomic E-state index is -2.08. The van der Waals surface area contributed by atoms with Crippen LogP contribution >= 0.6 is 0 Å². The fraction of sp³-hybridized carbons (Fsp3) is 0.545. The molecule has 2 aromatic carbocycles. The zero-order valence-corrected chi connectivity index (χ0v) is 28.2. The van der Waals surface area contributed by atoms with Crippen molar-refractivity contribution in [3.8, 4) is 40.1 Å². The summed E-state index contributed by atoms with van der Waals surface area (Å²) in [7, 11) is 0. The fourth-order valence-corrected chi connectivity index (χ4v) is 6.27. The molecule has 3 aliphatic heterocycles. The number of aliphatic hydroxyl groups is 10. The molecule has 4 heterocycles. The summed E-state index contributed by atoms with van der Waals surface area (Å²) in [4.78, 5) is 13.7. The molecule has 0 aliphatic carbocycles. The standard InChI is InChI=1S/C33H40O22/c34-6-15-19(39)23(43)26(46)31(52-15)49-7-16-20(40)24(44)27(47)32(53-16)50-8-17-21(41)25(45)28(48)33(54-17)55-30-22(42)18-13(38)4-10(35)5-14(18)51-29(30)9-1-2-11(36)12(37)3-9/h1-5,15-17,19-21,23-28,31-41,43-48H,6-8H2/t15-,16-,17+,19-,20-,21+,23+,24+,25+,26-,27-,28-,31-,32-,33+/m0/s1. The second-order valence-electron chi connectivity index (χ2n) is 13.1. The maximum absolute atomic E-state index is 13.7. The highest BCUT2D eigenvalue weighted by atomic mass is 16.7. The predicted molar refractivity (Wildman–Crippen MR) is 174 cm³/mol. The zero-order chi connectivity index (χ0) is 40.0. The quantitative estimate of drug-likeness (QED) is 0.0856. The largest absolute Gasteiger partial charge is 0.508 e. The van der Waals surface area contributed by atoms with E-state index in [0.29, 0.717) is 0 Å². The Morgan fingerprint density at radius 1 is 0.564 bits per heavy atom. The molecule has 3 saturated heterocycles. The van der Waals surface area contributed by atoms with E-state index in [9.17, 15) is 76.3 Å². The second-order valence-corrected chi connectivity index (χ2v) is 13.1. The minimum Gasteiger partial charge on any atom is -0.508 e. The van der Waals surface area contributed by atoms with Gasteiger partial charge in [0, 0.05) is 17.7 Å². The highest BCUT2D eigenvalue weighted by Crippen LogP contribution is 2.39. The molecule has 0 saturated carbocycles. The third-order valence-corrected chi connectivity index (χ3v) is 9.42. The molecule has 55 heavy (non-hydrogen) atoms. The molecule has 3 fully saturated rings. The Morgan fingerprint density at radius 3 is 1.62 bits per heavy atom. The van der Waals surface area contributed by atoms with Crippen molar-refractivity contribution >= 4 is 11.0 Å². The fourth-order valence-electron chi connectivity index (χ4n) is 6.27. The molecule has 0 bridgehead atoms. The van der Waals surface area contributed by atoms with Crippen LogP contribution in [0.15, 0.2) is 39.5 Å². The average Bonchev–Trinajstić information content (AvgIpc) is 3.15. The normalized spacial score (nSPS) is 36.9. The number of ether oxygens (including phenoxy) is 6. The van der Waals surface area contributed by atoms with Gasteiger partial charge in [-0.15, -0.1) is 0 Å². The number of aromatic hydroxyl groups is 4. The van der Waals surface area contributed by atoms with Gasteiger partial charge in [0.2, 0.25) is 17.5 Å². The van der Waals surface area contributed by atoms with Crippen molar-refractivity contribution in [1.29, 1.82) is 0 Å². The smallest absolute Gasteiger partial charge is 0.239 e. The van der Waals surface area contributed by atoms with E-state index in [1.807, 2.05) is 0 Å². The molecule has 0 unspecified atom stereocenters. The van der Waals surface area contributed by atoms with Crippen LogP contribution in [0.1, 0.15) is 0 Å². The summed E-state index contributed by atoms with van der Waals surface area (Å²) in [5, 5.41) is 143. The van der Waals surface area contributed by atoms with Crippen LogP contribution in [0.2, 0.25) is 0 Å². The maximum Gasteiger partial charge on any atom is 0.239 e. The van der Waals surface area contributed by atoms with Crippen LogP contribution in [-0.4, -0.2) is 183 Å². The number of aliphatic hydroxyl groups excluding tert-OH is 10. The molecule has 0 radical (unpaired) electrons. The predicted octanol–water partition coefficient (Wildman–Crippen LogP) is -4.89. The minimum absolute atomic E-state index is 0.0906. The Hall–Kier alpha value is -3.95. The molecular formula is C33H40O22. The Balaban J connectivity index is 1.20. The number of rotatable bonds is 10. The first kappa shape index (κ1) is 40.7. The van der Waals surface area contributed by atoms with Crippen LogP contribution in [0.5, 0.6) is 28.7 Å². The van der Waals surface area contributed by atoms with E-state index < -0.39 is 157 Å². The molecule has 304 valence electrons. The van der Waals surface area contributed by atoms with Gasteiger partial charge in [-0.3, -0.25) is 4.79 Å². The van der Waals surface area contributed by atoms with E-state index in [0.717, 1.165) is 24.3 Å². The van der Waals surface area contributed by atoms with Gasteiger partial charge < -0.3 is 104 Å². The molecule has 3 aliphatic rings. The number of phenolic OH excluding ortho intramolecular Hbond substituents is 4. The molecule has 15 atom stereocenters. The highest BCUT2D eigenvalue weighted by molar-refractivity contribution is 5.88. The lowest BCUT2D eigenvalue weighted by atomic mass is 9.98. The lowest BCUT2D eigenvalue weighted by Gasteiger charge is -2.43. The SMILES string of the molecule is O=c1c(O[C@H]2O[C@H](CO[C@H]3O[C@@H](CO[C@H]4O[C@@H](CO)[C@H](O)[C@@H](O)[C@@H]4O)[C@H](O)[C@@H](O)[C@@H]3O)[C@@H](O)[C@@H](O)[C@@H]2O)c(-c2ccc(O)c(O)c2)oc2cc(O)cc(O)c12. The average molecular weight is 789 g/mol. The molecule has 6 rings (SSSR count). The van der Waals surface area contributed by atoms with Gasteiger partial charge in [-0.2, -0.15) is 0 Å². The number of hydrogen-bond acceptors (Lipinski definition) is 22. The Kier molecular flexibility index (Phi) is 12.0. The highest BCUT2D eigenvalue weighted by Gasteiger charge is 2.50.